The summed E-state index contributed by atoms with van der Waals surface area (Å²) in [6.07, 6.45) is 9.84. The molecular formula is C18H33N3. The van der Waals surface area contributed by atoms with E-state index in [4.69, 9.17) is 5.10 Å². The summed E-state index contributed by atoms with van der Waals surface area (Å²) in [5, 5.41) is 8.55. The van der Waals surface area contributed by atoms with Crippen LogP contribution >= 0.6 is 0 Å². The van der Waals surface area contributed by atoms with E-state index in [1.54, 1.807) is 0 Å². The second-order valence-corrected chi connectivity index (χ2v) is 8.03. The summed E-state index contributed by atoms with van der Waals surface area (Å²) >= 11 is 0. The third-order valence-corrected chi connectivity index (χ3v) is 4.92. The number of nitrogens with zero attached hydrogens (tertiary/aromatic N) is 2. The third kappa shape index (κ3) is 4.57. The molecule has 1 aliphatic rings. The SMILES string of the molecule is CCC(C)n1ccc(CC2(CNC(C)(C)C)CCCC2)n1. The van der Waals surface area contributed by atoms with Crippen LogP contribution in [-0.4, -0.2) is 21.9 Å². The van der Waals surface area contributed by atoms with Gasteiger partial charge in [-0.15, -0.1) is 0 Å². The predicted molar refractivity (Wildman–Crippen MR) is 89.6 cm³/mol. The van der Waals surface area contributed by atoms with Gasteiger partial charge in [-0.25, -0.2) is 0 Å². The number of aromatic nitrogens is 2. The minimum absolute atomic E-state index is 0.200. The Kier molecular flexibility index (Phi) is 5.13. The van der Waals surface area contributed by atoms with Gasteiger partial charge in [0.25, 0.3) is 0 Å². The van der Waals surface area contributed by atoms with Crippen molar-refractivity contribution in [2.24, 2.45) is 5.41 Å². The maximum atomic E-state index is 4.82. The second kappa shape index (κ2) is 6.51. The first kappa shape index (κ1) is 16.5. The van der Waals surface area contributed by atoms with Crippen LogP contribution in [-0.2, 0) is 6.42 Å². The molecule has 0 saturated heterocycles. The van der Waals surface area contributed by atoms with Crippen LogP contribution in [0.15, 0.2) is 12.3 Å². The predicted octanol–water partition coefficient (Wildman–Crippen LogP) is 4.35. The topological polar surface area (TPSA) is 29.9 Å². The molecule has 2 rings (SSSR count). The molecule has 0 radical (unpaired) electrons. The molecular weight excluding hydrogens is 258 g/mol. The lowest BCUT2D eigenvalue weighted by molar-refractivity contribution is 0.242. The quantitative estimate of drug-likeness (QED) is 0.844. The van der Waals surface area contributed by atoms with Gasteiger partial charge in [0, 0.05) is 24.3 Å². The summed E-state index contributed by atoms with van der Waals surface area (Å²) in [4.78, 5) is 0. The average molecular weight is 291 g/mol. The zero-order valence-corrected chi connectivity index (χ0v) is 14.6. The lowest BCUT2D eigenvalue weighted by Gasteiger charge is -2.33. The lowest BCUT2D eigenvalue weighted by atomic mass is 9.81. The summed E-state index contributed by atoms with van der Waals surface area (Å²) in [5.41, 5.74) is 1.89. The van der Waals surface area contributed by atoms with E-state index in [9.17, 15) is 0 Å². The number of hydrogen-bond donors (Lipinski definition) is 1. The van der Waals surface area contributed by atoms with E-state index < -0.39 is 0 Å². The smallest absolute Gasteiger partial charge is 0.0630 e. The van der Waals surface area contributed by atoms with E-state index in [0.29, 0.717) is 11.5 Å². The van der Waals surface area contributed by atoms with Crippen LogP contribution in [0.5, 0.6) is 0 Å². The Balaban J connectivity index is 2.04. The molecule has 1 atom stereocenters. The molecule has 0 aromatic carbocycles. The second-order valence-electron chi connectivity index (χ2n) is 8.03. The minimum atomic E-state index is 0.200. The van der Waals surface area contributed by atoms with Crippen molar-refractivity contribution in [2.75, 3.05) is 6.54 Å². The first-order valence-corrected chi connectivity index (χ1v) is 8.63. The van der Waals surface area contributed by atoms with Crippen molar-refractivity contribution in [3.8, 4) is 0 Å². The summed E-state index contributed by atoms with van der Waals surface area (Å²) in [7, 11) is 0. The van der Waals surface area contributed by atoms with Gasteiger partial charge in [-0.3, -0.25) is 4.68 Å². The Morgan fingerprint density at radius 3 is 2.57 bits per heavy atom. The fourth-order valence-electron chi connectivity index (χ4n) is 3.28. The molecule has 0 spiro atoms. The highest BCUT2D eigenvalue weighted by atomic mass is 15.3. The van der Waals surface area contributed by atoms with Gasteiger partial charge >= 0.3 is 0 Å². The van der Waals surface area contributed by atoms with E-state index in [1.165, 1.54) is 31.4 Å². The van der Waals surface area contributed by atoms with Crippen LogP contribution < -0.4 is 5.32 Å². The maximum Gasteiger partial charge on any atom is 0.0630 e. The van der Waals surface area contributed by atoms with Crippen LogP contribution in [0, 0.1) is 5.41 Å². The van der Waals surface area contributed by atoms with Gasteiger partial charge in [0.15, 0.2) is 0 Å². The van der Waals surface area contributed by atoms with Gasteiger partial charge in [-0.1, -0.05) is 19.8 Å². The summed E-state index contributed by atoms with van der Waals surface area (Å²) in [6, 6.07) is 2.73. The molecule has 1 heterocycles. The van der Waals surface area contributed by atoms with Gasteiger partial charge in [-0.2, -0.15) is 5.10 Å². The van der Waals surface area contributed by atoms with Crippen LogP contribution in [0.1, 0.15) is 78.5 Å². The van der Waals surface area contributed by atoms with Crippen LogP contribution in [0.2, 0.25) is 0 Å². The molecule has 0 amide bonds. The van der Waals surface area contributed by atoms with Crippen molar-refractivity contribution in [1.29, 1.82) is 0 Å². The van der Waals surface area contributed by atoms with Crippen LogP contribution in [0.25, 0.3) is 0 Å². The van der Waals surface area contributed by atoms with Crippen molar-refractivity contribution in [2.45, 2.75) is 84.7 Å². The fraction of sp³-hybridized carbons (Fsp3) is 0.833. The number of nitrogens with one attached hydrogen (secondary N) is 1. The van der Waals surface area contributed by atoms with Gasteiger partial charge < -0.3 is 5.32 Å². The highest BCUT2D eigenvalue weighted by Gasteiger charge is 2.35. The van der Waals surface area contributed by atoms with Gasteiger partial charge in [0.1, 0.15) is 0 Å². The highest BCUT2D eigenvalue weighted by molar-refractivity contribution is 5.06. The molecule has 1 aliphatic carbocycles. The Bertz CT molecular complexity index is 436. The molecule has 120 valence electrons. The van der Waals surface area contributed by atoms with Crippen LogP contribution in [0.3, 0.4) is 0 Å². The molecule has 1 N–H and O–H groups in total. The Hall–Kier alpha value is -0.830. The van der Waals surface area contributed by atoms with Crippen molar-refractivity contribution in [1.82, 2.24) is 15.1 Å². The standard InChI is InChI=1S/C18H33N3/c1-6-15(2)21-12-9-16(20-21)13-18(10-7-8-11-18)14-19-17(3,4)5/h9,12,15,19H,6-8,10-11,13-14H2,1-5H3. The summed E-state index contributed by atoms with van der Waals surface area (Å²) in [5.74, 6) is 0. The first-order chi connectivity index (χ1) is 9.84. The van der Waals surface area contributed by atoms with Crippen LogP contribution in [0.4, 0.5) is 0 Å². The van der Waals surface area contributed by atoms with E-state index in [2.05, 4.69) is 56.9 Å². The van der Waals surface area contributed by atoms with Gasteiger partial charge in [0.2, 0.25) is 0 Å². The van der Waals surface area contributed by atoms with E-state index in [1.807, 2.05) is 0 Å². The largest absolute Gasteiger partial charge is 0.312 e. The van der Waals surface area contributed by atoms with Crippen molar-refractivity contribution in [3.63, 3.8) is 0 Å². The average Bonchev–Trinajstić information content (AvgIpc) is 3.05. The molecule has 1 aromatic heterocycles. The summed E-state index contributed by atoms with van der Waals surface area (Å²) < 4.78 is 2.13. The van der Waals surface area contributed by atoms with E-state index in [-0.39, 0.29) is 5.54 Å². The van der Waals surface area contributed by atoms with Crippen molar-refractivity contribution >= 4 is 0 Å². The summed E-state index contributed by atoms with van der Waals surface area (Å²) in [6.45, 7) is 12.3. The molecule has 1 saturated carbocycles. The maximum absolute atomic E-state index is 4.82. The fourth-order valence-corrected chi connectivity index (χ4v) is 3.28. The highest BCUT2D eigenvalue weighted by Crippen LogP contribution is 2.40. The molecule has 3 heteroatoms. The zero-order chi connectivity index (χ0) is 15.5. The number of rotatable bonds is 6. The van der Waals surface area contributed by atoms with Crippen molar-refractivity contribution in [3.05, 3.63) is 18.0 Å². The molecule has 21 heavy (non-hydrogen) atoms. The van der Waals surface area contributed by atoms with Gasteiger partial charge in [0.05, 0.1) is 5.69 Å². The Labute approximate surface area is 130 Å². The molecule has 1 fully saturated rings. The Morgan fingerprint density at radius 1 is 1.33 bits per heavy atom. The van der Waals surface area contributed by atoms with E-state index in [0.717, 1.165) is 19.4 Å². The molecule has 1 aromatic rings. The molecule has 3 nitrogen and oxygen atoms in total. The normalized spacial score (nSPS) is 19.9. The first-order valence-electron chi connectivity index (χ1n) is 8.63. The molecule has 1 unspecified atom stereocenters. The molecule has 0 aliphatic heterocycles. The Morgan fingerprint density at radius 2 is 2.00 bits per heavy atom. The number of hydrogen-bond acceptors (Lipinski definition) is 2. The van der Waals surface area contributed by atoms with Crippen molar-refractivity contribution < 1.29 is 0 Å². The minimum Gasteiger partial charge on any atom is -0.312 e. The zero-order valence-electron chi connectivity index (χ0n) is 14.6. The molecule has 0 bridgehead atoms. The monoisotopic (exact) mass is 291 g/mol. The van der Waals surface area contributed by atoms with E-state index >= 15 is 0 Å². The lowest BCUT2D eigenvalue weighted by Crippen LogP contribution is -2.44. The third-order valence-electron chi connectivity index (χ3n) is 4.92. The van der Waals surface area contributed by atoms with Gasteiger partial charge in [-0.05, 0) is 64.9 Å².